The van der Waals surface area contributed by atoms with Gasteiger partial charge in [-0.1, -0.05) is 24.0 Å². The van der Waals surface area contributed by atoms with E-state index in [-0.39, 0.29) is 5.78 Å². The van der Waals surface area contributed by atoms with E-state index in [4.69, 9.17) is 0 Å². The zero-order valence-electron chi connectivity index (χ0n) is 9.84. The zero-order chi connectivity index (χ0) is 11.8. The minimum atomic E-state index is 0.181. The Balaban J connectivity index is 2.65. The SMILES string of the molecule is CNCCC#Cc1cccc(CC(C)=O)c1. The van der Waals surface area contributed by atoms with E-state index in [2.05, 4.69) is 17.2 Å². The van der Waals surface area contributed by atoms with Gasteiger partial charge >= 0.3 is 0 Å². The second-order valence-electron chi connectivity index (χ2n) is 3.73. The molecule has 0 saturated carbocycles. The fraction of sp³-hybridized carbons (Fsp3) is 0.357. The monoisotopic (exact) mass is 215 g/mol. The molecule has 1 aromatic rings. The molecule has 0 bridgehead atoms. The third-order valence-electron chi connectivity index (χ3n) is 2.11. The fourth-order valence-electron chi connectivity index (χ4n) is 1.40. The standard InChI is InChI=1S/C14H17NO/c1-12(16)10-14-8-5-7-13(11-14)6-3-4-9-15-2/h5,7-8,11,15H,4,9-10H2,1-2H3. The lowest BCUT2D eigenvalue weighted by atomic mass is 10.1. The summed E-state index contributed by atoms with van der Waals surface area (Å²) >= 11 is 0. The van der Waals surface area contributed by atoms with Crippen molar-refractivity contribution in [1.29, 1.82) is 0 Å². The zero-order valence-corrected chi connectivity index (χ0v) is 9.84. The van der Waals surface area contributed by atoms with Gasteiger partial charge in [0.15, 0.2) is 0 Å². The molecule has 0 atom stereocenters. The van der Waals surface area contributed by atoms with Crippen molar-refractivity contribution in [3.63, 3.8) is 0 Å². The van der Waals surface area contributed by atoms with Crippen molar-refractivity contribution in [2.45, 2.75) is 19.8 Å². The molecule has 84 valence electrons. The van der Waals surface area contributed by atoms with Gasteiger partial charge in [0.1, 0.15) is 5.78 Å². The minimum Gasteiger partial charge on any atom is -0.319 e. The molecular weight excluding hydrogens is 198 g/mol. The van der Waals surface area contributed by atoms with E-state index >= 15 is 0 Å². The van der Waals surface area contributed by atoms with Gasteiger partial charge < -0.3 is 5.32 Å². The summed E-state index contributed by atoms with van der Waals surface area (Å²) in [6.07, 6.45) is 1.33. The first-order valence-electron chi connectivity index (χ1n) is 5.44. The Kier molecular flexibility index (Phi) is 5.31. The quantitative estimate of drug-likeness (QED) is 0.612. The summed E-state index contributed by atoms with van der Waals surface area (Å²) in [6, 6.07) is 7.85. The van der Waals surface area contributed by atoms with Gasteiger partial charge in [-0.25, -0.2) is 0 Å². The Hall–Kier alpha value is -1.59. The smallest absolute Gasteiger partial charge is 0.134 e. The first kappa shape index (κ1) is 12.5. The number of Topliss-reactive ketones (excluding diaryl/α,β-unsaturated/α-hetero) is 1. The van der Waals surface area contributed by atoms with Gasteiger partial charge in [0, 0.05) is 24.9 Å². The second kappa shape index (κ2) is 6.81. The van der Waals surface area contributed by atoms with Gasteiger partial charge in [0.2, 0.25) is 0 Å². The van der Waals surface area contributed by atoms with E-state index < -0.39 is 0 Å². The lowest BCUT2D eigenvalue weighted by molar-refractivity contribution is -0.116. The van der Waals surface area contributed by atoms with Crippen LogP contribution in [-0.4, -0.2) is 19.4 Å². The van der Waals surface area contributed by atoms with Crippen LogP contribution >= 0.6 is 0 Å². The third-order valence-corrected chi connectivity index (χ3v) is 2.11. The molecule has 0 aromatic heterocycles. The first-order valence-corrected chi connectivity index (χ1v) is 5.44. The Morgan fingerprint density at radius 1 is 1.44 bits per heavy atom. The molecule has 1 aromatic carbocycles. The van der Waals surface area contributed by atoms with E-state index in [1.165, 1.54) is 0 Å². The van der Waals surface area contributed by atoms with E-state index in [9.17, 15) is 4.79 Å². The van der Waals surface area contributed by atoms with Crippen LogP contribution in [0.25, 0.3) is 0 Å². The summed E-state index contributed by atoms with van der Waals surface area (Å²) in [6.45, 7) is 2.51. The van der Waals surface area contributed by atoms with E-state index in [1.54, 1.807) is 6.92 Å². The second-order valence-corrected chi connectivity index (χ2v) is 3.73. The predicted molar refractivity (Wildman–Crippen MR) is 66.2 cm³/mol. The number of hydrogen-bond acceptors (Lipinski definition) is 2. The lowest BCUT2D eigenvalue weighted by Crippen LogP contribution is -2.05. The van der Waals surface area contributed by atoms with Crippen molar-refractivity contribution in [2.75, 3.05) is 13.6 Å². The highest BCUT2D eigenvalue weighted by Crippen LogP contribution is 2.05. The Labute approximate surface area is 97.1 Å². The fourth-order valence-corrected chi connectivity index (χ4v) is 1.40. The van der Waals surface area contributed by atoms with Crippen molar-refractivity contribution < 1.29 is 4.79 Å². The lowest BCUT2D eigenvalue weighted by Gasteiger charge is -1.98. The van der Waals surface area contributed by atoms with Crippen molar-refractivity contribution in [3.8, 4) is 11.8 Å². The number of hydrogen-bond donors (Lipinski definition) is 1. The summed E-state index contributed by atoms with van der Waals surface area (Å²) in [5.41, 5.74) is 2.02. The molecule has 2 nitrogen and oxygen atoms in total. The highest BCUT2D eigenvalue weighted by atomic mass is 16.1. The predicted octanol–water partition coefficient (Wildman–Crippen LogP) is 1.78. The Morgan fingerprint density at radius 2 is 2.25 bits per heavy atom. The summed E-state index contributed by atoms with van der Waals surface area (Å²) < 4.78 is 0. The molecule has 0 fully saturated rings. The van der Waals surface area contributed by atoms with Crippen molar-refractivity contribution in [1.82, 2.24) is 5.32 Å². The van der Waals surface area contributed by atoms with Crippen molar-refractivity contribution in [2.24, 2.45) is 0 Å². The molecular formula is C14H17NO. The summed E-state index contributed by atoms with van der Waals surface area (Å²) in [5.74, 6) is 6.36. The largest absolute Gasteiger partial charge is 0.319 e. The summed E-state index contributed by atoms with van der Waals surface area (Å²) in [5, 5.41) is 3.04. The topological polar surface area (TPSA) is 29.1 Å². The maximum absolute atomic E-state index is 11.0. The number of benzene rings is 1. The van der Waals surface area contributed by atoms with E-state index in [0.29, 0.717) is 6.42 Å². The highest BCUT2D eigenvalue weighted by Gasteiger charge is 1.97. The molecule has 0 saturated heterocycles. The molecule has 0 spiro atoms. The van der Waals surface area contributed by atoms with Gasteiger partial charge in [-0.2, -0.15) is 0 Å². The van der Waals surface area contributed by atoms with Crippen LogP contribution < -0.4 is 5.32 Å². The summed E-state index contributed by atoms with van der Waals surface area (Å²) in [7, 11) is 1.91. The maximum atomic E-state index is 11.0. The average Bonchev–Trinajstić information content (AvgIpc) is 2.24. The molecule has 1 rings (SSSR count). The Bertz CT molecular complexity index is 412. The van der Waals surface area contributed by atoms with Gasteiger partial charge in [-0.3, -0.25) is 4.79 Å². The van der Waals surface area contributed by atoms with Gasteiger partial charge in [-0.05, 0) is 31.7 Å². The van der Waals surface area contributed by atoms with Crippen molar-refractivity contribution >= 4 is 5.78 Å². The third kappa shape index (κ3) is 4.77. The number of carbonyl (C=O) groups is 1. The van der Waals surface area contributed by atoms with Gasteiger partial charge in [0.25, 0.3) is 0 Å². The summed E-state index contributed by atoms with van der Waals surface area (Å²) in [4.78, 5) is 11.0. The highest BCUT2D eigenvalue weighted by molar-refractivity contribution is 5.78. The number of carbonyl (C=O) groups excluding carboxylic acids is 1. The molecule has 0 aliphatic rings. The van der Waals surface area contributed by atoms with Crippen LogP contribution in [0.1, 0.15) is 24.5 Å². The van der Waals surface area contributed by atoms with Gasteiger partial charge in [0.05, 0.1) is 0 Å². The number of rotatable bonds is 4. The van der Waals surface area contributed by atoms with Crippen LogP contribution in [0.5, 0.6) is 0 Å². The first-order chi connectivity index (χ1) is 7.72. The molecule has 1 N–H and O–H groups in total. The number of ketones is 1. The molecule has 0 aliphatic heterocycles. The maximum Gasteiger partial charge on any atom is 0.134 e. The molecule has 0 radical (unpaired) electrons. The van der Waals surface area contributed by atoms with Crippen LogP contribution in [-0.2, 0) is 11.2 Å². The molecule has 16 heavy (non-hydrogen) atoms. The minimum absolute atomic E-state index is 0.181. The molecule has 0 heterocycles. The number of nitrogens with one attached hydrogen (secondary N) is 1. The average molecular weight is 215 g/mol. The molecule has 2 heteroatoms. The van der Waals surface area contributed by atoms with Crippen LogP contribution in [0.2, 0.25) is 0 Å². The van der Waals surface area contributed by atoms with Crippen LogP contribution in [0.4, 0.5) is 0 Å². The van der Waals surface area contributed by atoms with Crippen molar-refractivity contribution in [3.05, 3.63) is 35.4 Å². The van der Waals surface area contributed by atoms with Crippen LogP contribution in [0.15, 0.2) is 24.3 Å². The van der Waals surface area contributed by atoms with Gasteiger partial charge in [-0.15, -0.1) is 0 Å². The normalized spacial score (nSPS) is 9.38. The Morgan fingerprint density at radius 3 is 2.94 bits per heavy atom. The molecule has 0 unspecified atom stereocenters. The van der Waals surface area contributed by atoms with Crippen LogP contribution in [0, 0.1) is 11.8 Å². The van der Waals surface area contributed by atoms with Crippen LogP contribution in [0.3, 0.4) is 0 Å². The van der Waals surface area contributed by atoms with E-state index in [0.717, 1.165) is 24.1 Å². The molecule has 0 aliphatic carbocycles. The molecule has 0 amide bonds. The van der Waals surface area contributed by atoms with E-state index in [1.807, 2.05) is 31.3 Å².